The third-order valence-electron chi connectivity index (χ3n) is 1.41. The molecule has 6 heteroatoms. The zero-order valence-electron chi connectivity index (χ0n) is 6.32. The first-order chi connectivity index (χ1) is 4.86. The van der Waals surface area contributed by atoms with Crippen LogP contribution in [0.3, 0.4) is 0 Å². The van der Waals surface area contributed by atoms with Crippen LogP contribution < -0.4 is 5.73 Å². The van der Waals surface area contributed by atoms with Crippen molar-refractivity contribution >= 4 is 13.1 Å². The van der Waals surface area contributed by atoms with Crippen LogP contribution in [0.15, 0.2) is 0 Å². The van der Waals surface area contributed by atoms with Crippen LogP contribution in [0.1, 0.15) is 13.3 Å². The Hall–Kier alpha value is -0.585. The number of carboxylic acid groups (broad SMARTS) is 1. The summed E-state index contributed by atoms with van der Waals surface area (Å²) >= 11 is 0. The monoisotopic (exact) mass is 161 g/mol. The zero-order valence-corrected chi connectivity index (χ0v) is 6.32. The standard InChI is InChI=1S/C5H12BNO4/c1-5(7,4(8)9)2-3-6(10)11/h10-11H,2-3,7H2,1H3,(H,8,9). The highest BCUT2D eigenvalue weighted by Gasteiger charge is 2.28. The van der Waals surface area contributed by atoms with Gasteiger partial charge in [-0.2, -0.15) is 0 Å². The van der Waals surface area contributed by atoms with E-state index in [0.29, 0.717) is 0 Å². The fraction of sp³-hybridized carbons (Fsp3) is 0.800. The minimum Gasteiger partial charge on any atom is -0.480 e. The van der Waals surface area contributed by atoms with Crippen molar-refractivity contribution in [3.05, 3.63) is 0 Å². The molecule has 0 aromatic heterocycles. The normalized spacial score (nSPS) is 15.6. The Labute approximate surface area is 65.0 Å². The topological polar surface area (TPSA) is 104 Å². The second-order valence-electron chi connectivity index (χ2n) is 2.74. The molecule has 0 saturated carbocycles. The van der Waals surface area contributed by atoms with Crippen molar-refractivity contribution in [1.29, 1.82) is 0 Å². The predicted molar refractivity (Wildman–Crippen MR) is 39.8 cm³/mol. The molecular formula is C5H12BNO4. The lowest BCUT2D eigenvalue weighted by atomic mass is 9.79. The maximum atomic E-state index is 10.3. The number of carboxylic acids is 1. The van der Waals surface area contributed by atoms with Crippen LogP contribution in [0.4, 0.5) is 0 Å². The lowest BCUT2D eigenvalue weighted by Gasteiger charge is -2.18. The number of aliphatic carboxylic acids is 1. The summed E-state index contributed by atoms with van der Waals surface area (Å²) in [5.41, 5.74) is 3.91. The van der Waals surface area contributed by atoms with Gasteiger partial charge in [0.15, 0.2) is 0 Å². The highest BCUT2D eigenvalue weighted by molar-refractivity contribution is 6.41. The highest BCUT2D eigenvalue weighted by Crippen LogP contribution is 2.09. The molecule has 11 heavy (non-hydrogen) atoms. The van der Waals surface area contributed by atoms with Gasteiger partial charge in [-0.05, 0) is 19.7 Å². The maximum absolute atomic E-state index is 10.3. The lowest BCUT2D eigenvalue weighted by Crippen LogP contribution is -2.45. The minimum absolute atomic E-state index is 0.0285. The maximum Gasteiger partial charge on any atom is 0.451 e. The van der Waals surface area contributed by atoms with Crippen LogP contribution in [0.2, 0.25) is 6.32 Å². The van der Waals surface area contributed by atoms with Crippen molar-refractivity contribution in [2.75, 3.05) is 0 Å². The Bertz CT molecular complexity index is 147. The molecule has 0 radical (unpaired) electrons. The first-order valence-electron chi connectivity index (χ1n) is 3.24. The van der Waals surface area contributed by atoms with Crippen LogP contribution in [0.25, 0.3) is 0 Å². The Kier molecular flexibility index (Phi) is 3.51. The number of hydrogen-bond donors (Lipinski definition) is 4. The van der Waals surface area contributed by atoms with Gasteiger partial charge < -0.3 is 20.9 Å². The van der Waals surface area contributed by atoms with E-state index in [2.05, 4.69) is 0 Å². The second-order valence-corrected chi connectivity index (χ2v) is 2.74. The van der Waals surface area contributed by atoms with Gasteiger partial charge in [0.2, 0.25) is 0 Å². The molecule has 5 nitrogen and oxygen atoms in total. The fourth-order valence-corrected chi connectivity index (χ4v) is 0.536. The Morgan fingerprint density at radius 1 is 1.64 bits per heavy atom. The van der Waals surface area contributed by atoms with Gasteiger partial charge in [-0.25, -0.2) is 0 Å². The average Bonchev–Trinajstić information content (AvgIpc) is 1.84. The molecule has 0 heterocycles. The average molecular weight is 161 g/mol. The molecule has 0 aromatic rings. The predicted octanol–water partition coefficient (Wildman–Crippen LogP) is -1.35. The van der Waals surface area contributed by atoms with E-state index in [1.54, 1.807) is 0 Å². The molecule has 5 N–H and O–H groups in total. The van der Waals surface area contributed by atoms with Gasteiger partial charge in [-0.15, -0.1) is 0 Å². The second kappa shape index (κ2) is 3.70. The number of nitrogens with two attached hydrogens (primary N) is 1. The molecule has 0 aromatic carbocycles. The van der Waals surface area contributed by atoms with E-state index in [-0.39, 0.29) is 12.7 Å². The van der Waals surface area contributed by atoms with Gasteiger partial charge in [0.1, 0.15) is 5.54 Å². The van der Waals surface area contributed by atoms with E-state index in [9.17, 15) is 4.79 Å². The van der Waals surface area contributed by atoms with Crippen molar-refractivity contribution in [3.63, 3.8) is 0 Å². The SMILES string of the molecule is CC(N)(CCB(O)O)C(=O)O. The molecule has 0 aliphatic heterocycles. The first kappa shape index (κ1) is 10.4. The summed E-state index contributed by atoms with van der Waals surface area (Å²) in [4.78, 5) is 10.3. The molecule has 0 aliphatic rings. The Balaban J connectivity index is 3.83. The third-order valence-corrected chi connectivity index (χ3v) is 1.41. The Morgan fingerprint density at radius 2 is 2.09 bits per heavy atom. The summed E-state index contributed by atoms with van der Waals surface area (Å²) in [6, 6.07) is 0. The molecule has 64 valence electrons. The van der Waals surface area contributed by atoms with Gasteiger partial charge >= 0.3 is 13.1 Å². The van der Waals surface area contributed by atoms with Crippen molar-refractivity contribution in [2.45, 2.75) is 25.2 Å². The largest absolute Gasteiger partial charge is 0.480 e. The molecule has 0 rings (SSSR count). The summed E-state index contributed by atoms with van der Waals surface area (Å²) in [6.45, 7) is 1.33. The molecule has 1 atom stereocenters. The number of hydrogen-bond acceptors (Lipinski definition) is 4. The van der Waals surface area contributed by atoms with Crippen molar-refractivity contribution in [3.8, 4) is 0 Å². The third kappa shape index (κ3) is 3.97. The summed E-state index contributed by atoms with van der Waals surface area (Å²) in [6.07, 6.45) is 0.0132. The van der Waals surface area contributed by atoms with Gasteiger partial charge in [-0.1, -0.05) is 0 Å². The molecule has 0 saturated heterocycles. The van der Waals surface area contributed by atoms with E-state index in [4.69, 9.17) is 20.9 Å². The first-order valence-corrected chi connectivity index (χ1v) is 3.24. The van der Waals surface area contributed by atoms with E-state index in [1.165, 1.54) is 6.92 Å². The fourth-order valence-electron chi connectivity index (χ4n) is 0.536. The quantitative estimate of drug-likeness (QED) is 0.381. The molecular weight excluding hydrogens is 149 g/mol. The van der Waals surface area contributed by atoms with E-state index in [1.807, 2.05) is 0 Å². The summed E-state index contributed by atoms with van der Waals surface area (Å²) in [5.74, 6) is -1.14. The molecule has 1 unspecified atom stereocenters. The molecule has 0 amide bonds. The number of rotatable bonds is 4. The molecule has 0 spiro atoms. The molecule has 0 aliphatic carbocycles. The molecule has 0 fully saturated rings. The number of carbonyl (C=O) groups is 1. The van der Waals surface area contributed by atoms with Gasteiger partial charge in [-0.3, -0.25) is 4.79 Å². The van der Waals surface area contributed by atoms with E-state index >= 15 is 0 Å². The van der Waals surface area contributed by atoms with Crippen LogP contribution in [0, 0.1) is 0 Å². The van der Waals surface area contributed by atoms with Crippen LogP contribution in [-0.2, 0) is 4.79 Å². The van der Waals surface area contributed by atoms with E-state index in [0.717, 1.165) is 0 Å². The lowest BCUT2D eigenvalue weighted by molar-refractivity contribution is -0.142. The minimum atomic E-state index is -1.49. The van der Waals surface area contributed by atoms with Crippen LogP contribution >= 0.6 is 0 Å². The van der Waals surface area contributed by atoms with Crippen molar-refractivity contribution in [2.24, 2.45) is 5.73 Å². The van der Waals surface area contributed by atoms with Crippen molar-refractivity contribution in [1.82, 2.24) is 0 Å². The van der Waals surface area contributed by atoms with Gasteiger partial charge in [0, 0.05) is 0 Å². The summed E-state index contributed by atoms with van der Waals surface area (Å²) < 4.78 is 0. The van der Waals surface area contributed by atoms with E-state index < -0.39 is 18.6 Å². The van der Waals surface area contributed by atoms with Gasteiger partial charge in [0.25, 0.3) is 0 Å². The van der Waals surface area contributed by atoms with Crippen molar-refractivity contribution < 1.29 is 19.9 Å². The van der Waals surface area contributed by atoms with Crippen LogP contribution in [-0.4, -0.2) is 33.8 Å². The zero-order chi connectivity index (χ0) is 9.07. The van der Waals surface area contributed by atoms with Crippen LogP contribution in [0.5, 0.6) is 0 Å². The Morgan fingerprint density at radius 3 is 2.36 bits per heavy atom. The smallest absolute Gasteiger partial charge is 0.451 e. The van der Waals surface area contributed by atoms with Gasteiger partial charge in [0.05, 0.1) is 0 Å². The molecule has 0 bridgehead atoms. The summed E-state index contributed by atoms with van der Waals surface area (Å²) in [7, 11) is -1.49. The highest BCUT2D eigenvalue weighted by atomic mass is 16.4. The summed E-state index contributed by atoms with van der Waals surface area (Å²) in [5, 5.41) is 25.3.